The van der Waals surface area contributed by atoms with Gasteiger partial charge >= 0.3 is 5.97 Å². The molecule has 0 fully saturated rings. The van der Waals surface area contributed by atoms with Crippen LogP contribution < -0.4 is 11.1 Å². The Bertz CT molecular complexity index is 737. The number of carbonyl (C=O) groups excluding carboxylic acids is 3. The second-order valence-corrected chi connectivity index (χ2v) is 5.83. The molecule has 7 heteroatoms. The van der Waals surface area contributed by atoms with E-state index in [-0.39, 0.29) is 0 Å². The summed E-state index contributed by atoms with van der Waals surface area (Å²) >= 11 is 1.27. The van der Waals surface area contributed by atoms with Gasteiger partial charge in [0.2, 0.25) is 5.91 Å². The number of amides is 2. The quantitative estimate of drug-likeness (QED) is 0.821. The summed E-state index contributed by atoms with van der Waals surface area (Å²) in [6.07, 6.45) is -0.945. The molecule has 0 aliphatic carbocycles. The molecule has 2 rings (SSSR count). The van der Waals surface area contributed by atoms with E-state index in [0.29, 0.717) is 16.1 Å². The minimum absolute atomic E-state index is 0.343. The third-order valence-corrected chi connectivity index (χ3v) is 4.13. The number of nitrogens with two attached hydrogens (primary N) is 1. The van der Waals surface area contributed by atoms with E-state index < -0.39 is 23.9 Å². The van der Waals surface area contributed by atoms with Gasteiger partial charge in [-0.25, -0.2) is 4.79 Å². The first-order valence-corrected chi connectivity index (χ1v) is 7.72. The standard InChI is InChI=1S/C16H16N2O4S/c1-9-7-8-23-13(9)16(21)22-10(2)15(20)18-12-5-3-11(4-6-12)14(17)19/h3-8,10H,1-2H3,(H2,17,19)(H,18,20)/t10-/m0/s1. The van der Waals surface area contributed by atoms with Gasteiger partial charge in [-0.3, -0.25) is 9.59 Å². The summed E-state index contributed by atoms with van der Waals surface area (Å²) in [5, 5.41) is 4.40. The molecule has 0 aliphatic heterocycles. The fraction of sp³-hybridized carbons (Fsp3) is 0.188. The van der Waals surface area contributed by atoms with Gasteiger partial charge in [0.1, 0.15) is 4.88 Å². The molecule has 0 aliphatic rings. The maximum absolute atomic E-state index is 12.0. The number of esters is 1. The van der Waals surface area contributed by atoms with Crippen molar-refractivity contribution in [1.82, 2.24) is 0 Å². The van der Waals surface area contributed by atoms with Crippen LogP contribution in [0.2, 0.25) is 0 Å². The molecule has 1 aromatic heterocycles. The smallest absolute Gasteiger partial charge is 0.349 e. The van der Waals surface area contributed by atoms with Crippen LogP contribution in [-0.2, 0) is 9.53 Å². The Kier molecular flexibility index (Phi) is 5.13. The first kappa shape index (κ1) is 16.7. The van der Waals surface area contributed by atoms with Gasteiger partial charge in [0, 0.05) is 11.3 Å². The van der Waals surface area contributed by atoms with E-state index in [2.05, 4.69) is 5.32 Å². The van der Waals surface area contributed by atoms with Crippen LogP contribution >= 0.6 is 11.3 Å². The number of hydrogen-bond donors (Lipinski definition) is 2. The number of primary amides is 1. The Hall–Kier alpha value is -2.67. The fourth-order valence-corrected chi connectivity index (χ4v) is 2.62. The molecule has 0 spiro atoms. The molecule has 1 atom stereocenters. The van der Waals surface area contributed by atoms with Crippen molar-refractivity contribution in [2.75, 3.05) is 5.32 Å². The highest BCUT2D eigenvalue weighted by Gasteiger charge is 2.20. The van der Waals surface area contributed by atoms with Crippen LogP contribution in [0, 0.1) is 6.92 Å². The van der Waals surface area contributed by atoms with Gasteiger partial charge in [0.05, 0.1) is 0 Å². The first-order valence-electron chi connectivity index (χ1n) is 6.84. The van der Waals surface area contributed by atoms with Crippen LogP contribution in [0.4, 0.5) is 5.69 Å². The van der Waals surface area contributed by atoms with E-state index in [1.54, 1.807) is 24.4 Å². The van der Waals surface area contributed by atoms with Crippen molar-refractivity contribution in [2.24, 2.45) is 5.73 Å². The molecule has 0 unspecified atom stereocenters. The van der Waals surface area contributed by atoms with Crippen LogP contribution in [0.25, 0.3) is 0 Å². The van der Waals surface area contributed by atoms with Gasteiger partial charge in [-0.1, -0.05) is 0 Å². The van der Waals surface area contributed by atoms with Crippen LogP contribution in [0.5, 0.6) is 0 Å². The van der Waals surface area contributed by atoms with E-state index in [9.17, 15) is 14.4 Å². The van der Waals surface area contributed by atoms with Gasteiger partial charge in [-0.15, -0.1) is 11.3 Å². The van der Waals surface area contributed by atoms with E-state index >= 15 is 0 Å². The second-order valence-electron chi connectivity index (χ2n) is 4.91. The van der Waals surface area contributed by atoms with Crippen molar-refractivity contribution in [3.8, 4) is 0 Å². The Balaban J connectivity index is 1.96. The summed E-state index contributed by atoms with van der Waals surface area (Å²) in [4.78, 5) is 35.5. The third kappa shape index (κ3) is 4.17. The van der Waals surface area contributed by atoms with Crippen LogP contribution in [-0.4, -0.2) is 23.9 Å². The molecule has 6 nitrogen and oxygen atoms in total. The molecule has 1 aromatic carbocycles. The van der Waals surface area contributed by atoms with Crippen molar-refractivity contribution >= 4 is 34.8 Å². The van der Waals surface area contributed by atoms with Crippen molar-refractivity contribution < 1.29 is 19.1 Å². The number of thiophene rings is 1. The summed E-state index contributed by atoms with van der Waals surface area (Å²) < 4.78 is 5.16. The number of ether oxygens (including phenoxy) is 1. The minimum Gasteiger partial charge on any atom is -0.448 e. The van der Waals surface area contributed by atoms with Crippen molar-refractivity contribution in [3.05, 3.63) is 51.7 Å². The lowest BCUT2D eigenvalue weighted by atomic mass is 10.2. The van der Waals surface area contributed by atoms with Gasteiger partial charge in [0.15, 0.2) is 6.10 Å². The number of nitrogens with one attached hydrogen (secondary N) is 1. The Morgan fingerprint density at radius 2 is 1.83 bits per heavy atom. The van der Waals surface area contributed by atoms with Gasteiger partial charge in [0.25, 0.3) is 5.91 Å². The molecule has 0 bridgehead atoms. The molecule has 1 heterocycles. The average Bonchev–Trinajstić information content (AvgIpc) is 2.93. The van der Waals surface area contributed by atoms with Crippen LogP contribution in [0.1, 0.15) is 32.5 Å². The molecule has 23 heavy (non-hydrogen) atoms. The van der Waals surface area contributed by atoms with Crippen LogP contribution in [0.15, 0.2) is 35.7 Å². The van der Waals surface area contributed by atoms with Crippen molar-refractivity contribution in [1.29, 1.82) is 0 Å². The highest BCUT2D eigenvalue weighted by atomic mass is 32.1. The van der Waals surface area contributed by atoms with E-state index in [0.717, 1.165) is 5.56 Å². The summed E-state index contributed by atoms with van der Waals surface area (Å²) in [6.45, 7) is 3.30. The summed E-state index contributed by atoms with van der Waals surface area (Å²) in [5.74, 6) is -1.53. The molecule has 0 saturated heterocycles. The predicted octanol–water partition coefficient (Wildman–Crippen LogP) is 2.34. The normalized spacial score (nSPS) is 11.6. The molecule has 2 amide bonds. The second kappa shape index (κ2) is 7.06. The monoisotopic (exact) mass is 332 g/mol. The minimum atomic E-state index is -0.945. The number of carbonyl (C=O) groups is 3. The highest BCUT2D eigenvalue weighted by Crippen LogP contribution is 2.18. The highest BCUT2D eigenvalue weighted by molar-refractivity contribution is 7.12. The van der Waals surface area contributed by atoms with Gasteiger partial charge in [-0.2, -0.15) is 0 Å². The first-order chi connectivity index (χ1) is 10.9. The molecular weight excluding hydrogens is 316 g/mol. The van der Waals surface area contributed by atoms with Crippen LogP contribution in [0.3, 0.4) is 0 Å². The Labute approximate surface area is 137 Å². The summed E-state index contributed by atoms with van der Waals surface area (Å²) in [6, 6.07) is 7.92. The Morgan fingerprint density at radius 3 is 2.35 bits per heavy atom. The lowest BCUT2D eigenvalue weighted by molar-refractivity contribution is -0.123. The maximum Gasteiger partial charge on any atom is 0.349 e. The number of rotatable bonds is 5. The average molecular weight is 332 g/mol. The van der Waals surface area contributed by atoms with E-state index in [1.807, 2.05) is 6.07 Å². The van der Waals surface area contributed by atoms with Gasteiger partial charge in [-0.05, 0) is 55.1 Å². The summed E-state index contributed by atoms with van der Waals surface area (Å²) in [5.41, 5.74) is 6.78. The number of anilines is 1. The lowest BCUT2D eigenvalue weighted by Crippen LogP contribution is -2.30. The van der Waals surface area contributed by atoms with Crippen molar-refractivity contribution in [3.63, 3.8) is 0 Å². The zero-order valence-corrected chi connectivity index (χ0v) is 13.5. The predicted molar refractivity (Wildman–Crippen MR) is 87.5 cm³/mol. The van der Waals surface area contributed by atoms with Crippen molar-refractivity contribution in [2.45, 2.75) is 20.0 Å². The zero-order valence-electron chi connectivity index (χ0n) is 12.7. The van der Waals surface area contributed by atoms with E-state index in [1.165, 1.54) is 30.4 Å². The number of aryl methyl sites for hydroxylation is 1. The molecule has 120 valence electrons. The Morgan fingerprint density at radius 1 is 1.17 bits per heavy atom. The molecule has 0 saturated carbocycles. The maximum atomic E-state index is 12.0. The molecule has 2 aromatic rings. The molecule has 3 N–H and O–H groups in total. The number of benzene rings is 1. The topological polar surface area (TPSA) is 98.5 Å². The SMILES string of the molecule is Cc1ccsc1C(=O)O[C@@H](C)C(=O)Nc1ccc(C(N)=O)cc1. The van der Waals surface area contributed by atoms with Gasteiger partial charge < -0.3 is 15.8 Å². The summed E-state index contributed by atoms with van der Waals surface area (Å²) in [7, 11) is 0. The molecule has 0 radical (unpaired) electrons. The fourth-order valence-electron chi connectivity index (χ4n) is 1.81. The third-order valence-electron chi connectivity index (χ3n) is 3.14. The van der Waals surface area contributed by atoms with E-state index in [4.69, 9.17) is 10.5 Å². The molecular formula is C16H16N2O4S. The zero-order chi connectivity index (χ0) is 17.0. The lowest BCUT2D eigenvalue weighted by Gasteiger charge is -2.13. The largest absolute Gasteiger partial charge is 0.448 e. The number of hydrogen-bond acceptors (Lipinski definition) is 5.